The van der Waals surface area contributed by atoms with Crippen LogP contribution in [0.15, 0.2) is 17.1 Å². The molecule has 0 aromatic carbocycles. The molecule has 2 amide bonds. The number of fused-ring (bicyclic) bond motifs is 5. The number of carbonyl (C=O) groups excluding carboxylic acids is 2. The zero-order chi connectivity index (χ0) is 19.9. The van der Waals surface area contributed by atoms with Crippen LogP contribution in [-0.2, 0) is 14.3 Å². The Hall–Kier alpha value is -1.16. The minimum Gasteiger partial charge on any atom is -0.381 e. The molecule has 8 heteroatoms. The Morgan fingerprint density at radius 2 is 1.66 bits per heavy atom. The van der Waals surface area contributed by atoms with E-state index in [0.29, 0.717) is 13.1 Å². The molecule has 164 valence electrons. The van der Waals surface area contributed by atoms with Crippen molar-refractivity contribution in [2.24, 2.45) is 28.7 Å². The van der Waals surface area contributed by atoms with Crippen molar-refractivity contribution >= 4 is 41.8 Å². The predicted octanol–water partition coefficient (Wildman–Crippen LogP) is 2.17. The van der Waals surface area contributed by atoms with Gasteiger partial charge in [-0.05, 0) is 37.5 Å². The third-order valence-corrected chi connectivity index (χ3v) is 6.04. The third kappa shape index (κ3) is 5.71. The van der Waals surface area contributed by atoms with Crippen LogP contribution in [-0.4, -0.2) is 62.6 Å². The van der Waals surface area contributed by atoms with Gasteiger partial charge in [0.05, 0.1) is 11.8 Å². The van der Waals surface area contributed by atoms with E-state index in [4.69, 9.17) is 4.74 Å². The number of halogens is 1. The summed E-state index contributed by atoms with van der Waals surface area (Å²) in [6, 6.07) is 0. The zero-order valence-electron chi connectivity index (χ0n) is 17.6. The Labute approximate surface area is 191 Å². The number of ether oxygens (including phenoxy) is 1. The van der Waals surface area contributed by atoms with Gasteiger partial charge in [0.15, 0.2) is 5.96 Å². The fourth-order valence-corrected chi connectivity index (χ4v) is 4.58. The quantitative estimate of drug-likeness (QED) is 0.109. The first-order valence-corrected chi connectivity index (χ1v) is 10.7. The van der Waals surface area contributed by atoms with Crippen molar-refractivity contribution in [3.8, 4) is 0 Å². The molecular formula is C21H35IN4O3. The largest absolute Gasteiger partial charge is 0.381 e. The van der Waals surface area contributed by atoms with E-state index >= 15 is 0 Å². The third-order valence-electron chi connectivity index (χ3n) is 6.04. The Balaban J connectivity index is 0.00000300. The Morgan fingerprint density at radius 1 is 1.07 bits per heavy atom. The molecule has 3 rings (SSSR count). The van der Waals surface area contributed by atoms with Gasteiger partial charge in [-0.3, -0.25) is 19.5 Å². The lowest BCUT2D eigenvalue weighted by molar-refractivity contribution is -0.140. The number of nitrogens with one attached hydrogen (secondary N) is 2. The van der Waals surface area contributed by atoms with E-state index in [1.807, 2.05) is 0 Å². The zero-order valence-corrected chi connectivity index (χ0v) is 19.9. The van der Waals surface area contributed by atoms with Crippen LogP contribution in [0.25, 0.3) is 0 Å². The monoisotopic (exact) mass is 518 g/mol. The number of unbranched alkanes of at least 4 members (excludes halogenated alkanes) is 1. The van der Waals surface area contributed by atoms with Gasteiger partial charge in [0.25, 0.3) is 0 Å². The molecule has 0 spiro atoms. The molecule has 0 aromatic rings. The van der Waals surface area contributed by atoms with E-state index < -0.39 is 0 Å². The summed E-state index contributed by atoms with van der Waals surface area (Å²) in [5, 5.41) is 6.51. The molecule has 29 heavy (non-hydrogen) atoms. The van der Waals surface area contributed by atoms with E-state index in [9.17, 15) is 9.59 Å². The molecule has 1 aliphatic heterocycles. The molecule has 1 saturated heterocycles. The molecule has 4 atom stereocenters. The van der Waals surface area contributed by atoms with Crippen molar-refractivity contribution < 1.29 is 14.3 Å². The normalized spacial score (nSPS) is 27.4. The molecule has 0 radical (unpaired) electrons. The van der Waals surface area contributed by atoms with Gasteiger partial charge in [-0.15, -0.1) is 24.0 Å². The van der Waals surface area contributed by atoms with Crippen molar-refractivity contribution in [1.82, 2.24) is 15.5 Å². The van der Waals surface area contributed by atoms with Gasteiger partial charge in [-0.25, -0.2) is 0 Å². The van der Waals surface area contributed by atoms with E-state index in [1.54, 1.807) is 7.05 Å². The van der Waals surface area contributed by atoms with Crippen LogP contribution in [0.3, 0.4) is 0 Å². The van der Waals surface area contributed by atoms with Crippen LogP contribution in [0.2, 0.25) is 0 Å². The molecule has 4 unspecified atom stereocenters. The number of aliphatic imine (C=N–C) groups is 1. The van der Waals surface area contributed by atoms with Gasteiger partial charge in [-0.1, -0.05) is 25.5 Å². The molecular weight excluding hydrogens is 483 g/mol. The van der Waals surface area contributed by atoms with Crippen molar-refractivity contribution in [1.29, 1.82) is 0 Å². The Morgan fingerprint density at radius 3 is 2.24 bits per heavy atom. The molecule has 2 fully saturated rings. The summed E-state index contributed by atoms with van der Waals surface area (Å²) in [5.74, 6) is 1.20. The highest BCUT2D eigenvalue weighted by atomic mass is 127. The Bertz CT molecular complexity index is 595. The molecule has 2 bridgehead atoms. The second-order valence-electron chi connectivity index (χ2n) is 7.93. The number of imide groups is 1. The smallest absolute Gasteiger partial charge is 0.233 e. The highest BCUT2D eigenvalue weighted by molar-refractivity contribution is 14.0. The van der Waals surface area contributed by atoms with Gasteiger partial charge in [0.2, 0.25) is 11.8 Å². The van der Waals surface area contributed by atoms with Gasteiger partial charge < -0.3 is 15.4 Å². The van der Waals surface area contributed by atoms with Crippen LogP contribution in [0.4, 0.5) is 0 Å². The summed E-state index contributed by atoms with van der Waals surface area (Å²) in [7, 11) is 1.74. The van der Waals surface area contributed by atoms with Crippen molar-refractivity contribution in [3.05, 3.63) is 12.2 Å². The van der Waals surface area contributed by atoms with Crippen LogP contribution in [0, 0.1) is 23.7 Å². The fourth-order valence-electron chi connectivity index (χ4n) is 4.58. The lowest BCUT2D eigenvalue weighted by Gasteiger charge is -2.18. The number of allylic oxidation sites excluding steroid dienone is 2. The van der Waals surface area contributed by atoms with E-state index in [1.165, 1.54) is 4.90 Å². The summed E-state index contributed by atoms with van der Waals surface area (Å²) in [4.78, 5) is 31.0. The van der Waals surface area contributed by atoms with E-state index in [2.05, 4.69) is 34.7 Å². The number of likely N-dealkylation sites (tertiary alicyclic amines) is 1. The first kappa shape index (κ1) is 24.1. The van der Waals surface area contributed by atoms with Gasteiger partial charge in [0, 0.05) is 39.9 Å². The SMILES string of the molecule is CCCCOCCCNC(=NC)NCCCN1C(=O)C2C3C=CC(C3)C2C1=O.I. The number of hydrogen-bond acceptors (Lipinski definition) is 4. The lowest BCUT2D eigenvalue weighted by Crippen LogP contribution is -2.40. The predicted molar refractivity (Wildman–Crippen MR) is 124 cm³/mol. The molecule has 7 nitrogen and oxygen atoms in total. The number of guanidine groups is 1. The molecule has 2 N–H and O–H groups in total. The minimum absolute atomic E-state index is 0. The average Bonchev–Trinajstić information content (AvgIpc) is 3.38. The standard InChI is InChI=1S/C21H34N4O3.HI/c1-3-4-12-28-13-6-10-24-21(22-2)23-9-5-11-25-19(26)17-15-7-8-16(14-15)18(17)20(25)27;/h7-8,15-18H,3-6,9-14H2,1-2H3,(H2,22,23,24);1H. The Kier molecular flexibility index (Phi) is 9.88. The van der Waals surface area contributed by atoms with Crippen molar-refractivity contribution in [2.45, 2.75) is 39.0 Å². The highest BCUT2D eigenvalue weighted by Gasteiger charge is 2.58. The number of nitrogens with zero attached hydrogens (tertiary/aromatic N) is 2. The second kappa shape index (κ2) is 11.9. The van der Waals surface area contributed by atoms with Crippen LogP contribution in [0.1, 0.15) is 39.0 Å². The maximum absolute atomic E-state index is 12.6. The van der Waals surface area contributed by atoms with Gasteiger partial charge in [0.1, 0.15) is 0 Å². The highest BCUT2D eigenvalue weighted by Crippen LogP contribution is 2.52. The van der Waals surface area contributed by atoms with Gasteiger partial charge >= 0.3 is 0 Å². The van der Waals surface area contributed by atoms with E-state index in [-0.39, 0.29) is 59.5 Å². The van der Waals surface area contributed by atoms with Crippen LogP contribution < -0.4 is 10.6 Å². The molecule has 2 aliphatic carbocycles. The molecule has 0 aromatic heterocycles. The second-order valence-corrected chi connectivity index (χ2v) is 7.93. The fraction of sp³-hybridized carbons (Fsp3) is 0.762. The molecule has 1 saturated carbocycles. The van der Waals surface area contributed by atoms with Crippen molar-refractivity contribution in [3.63, 3.8) is 0 Å². The summed E-state index contributed by atoms with van der Waals surface area (Å²) in [6.07, 6.45) is 9.16. The summed E-state index contributed by atoms with van der Waals surface area (Å²) in [6.45, 7) is 5.69. The number of hydrogen-bond donors (Lipinski definition) is 2. The maximum Gasteiger partial charge on any atom is 0.233 e. The van der Waals surface area contributed by atoms with Crippen molar-refractivity contribution in [2.75, 3.05) is 39.9 Å². The van der Waals surface area contributed by atoms with Crippen LogP contribution >= 0.6 is 24.0 Å². The average molecular weight is 518 g/mol. The number of rotatable bonds is 11. The van der Waals surface area contributed by atoms with E-state index in [0.717, 1.165) is 57.8 Å². The van der Waals surface area contributed by atoms with Gasteiger partial charge in [-0.2, -0.15) is 0 Å². The summed E-state index contributed by atoms with van der Waals surface area (Å²) in [5.41, 5.74) is 0. The first-order chi connectivity index (χ1) is 13.7. The number of carbonyl (C=O) groups is 2. The maximum atomic E-state index is 12.6. The van der Waals surface area contributed by atoms with Crippen LogP contribution in [0.5, 0.6) is 0 Å². The lowest BCUT2D eigenvalue weighted by atomic mass is 9.85. The minimum atomic E-state index is -0.0931. The molecule has 1 heterocycles. The first-order valence-electron chi connectivity index (χ1n) is 10.7. The summed E-state index contributed by atoms with van der Waals surface area (Å²) >= 11 is 0. The topological polar surface area (TPSA) is 83.0 Å². The molecule has 3 aliphatic rings. The summed E-state index contributed by atoms with van der Waals surface area (Å²) < 4.78 is 5.54. The number of amides is 2.